The zero-order chi connectivity index (χ0) is 20.3. The van der Waals surface area contributed by atoms with Crippen molar-refractivity contribution in [1.82, 2.24) is 0 Å². The van der Waals surface area contributed by atoms with Gasteiger partial charge in [-0.15, -0.1) is 11.6 Å². The van der Waals surface area contributed by atoms with E-state index in [9.17, 15) is 19.2 Å². The van der Waals surface area contributed by atoms with Gasteiger partial charge in [-0.05, 0) is 50.3 Å². The molecule has 2 aliphatic heterocycles. The Morgan fingerprint density at radius 1 is 0.690 bits per heavy atom. The van der Waals surface area contributed by atoms with Gasteiger partial charge in [-0.25, -0.2) is 9.80 Å². The number of imide groups is 2. The van der Waals surface area contributed by atoms with E-state index in [0.717, 1.165) is 32.1 Å². The minimum absolute atomic E-state index is 0.0810. The number of nitrogens with zero attached hydrogens (tertiary/aromatic N) is 2. The normalized spacial score (nSPS) is 34.6. The quantitative estimate of drug-likeness (QED) is 0.550. The van der Waals surface area contributed by atoms with Crippen LogP contribution in [0.5, 0.6) is 0 Å². The first-order valence-electron chi connectivity index (χ1n) is 10.5. The highest BCUT2D eigenvalue weighted by atomic mass is 35.5. The van der Waals surface area contributed by atoms with Crippen LogP contribution in [0.15, 0.2) is 24.3 Å². The van der Waals surface area contributed by atoms with Gasteiger partial charge in [0.15, 0.2) is 0 Å². The van der Waals surface area contributed by atoms with Crippen LogP contribution in [0.3, 0.4) is 0 Å². The van der Waals surface area contributed by atoms with Gasteiger partial charge in [0.1, 0.15) is 0 Å². The molecule has 4 fully saturated rings. The summed E-state index contributed by atoms with van der Waals surface area (Å²) in [6, 6.07) is 6.70. The van der Waals surface area contributed by atoms with E-state index < -0.39 is 0 Å². The van der Waals surface area contributed by atoms with Crippen LogP contribution in [0.1, 0.15) is 44.9 Å². The van der Waals surface area contributed by atoms with Gasteiger partial charge in [-0.3, -0.25) is 19.2 Å². The Kier molecular flexibility index (Phi) is 4.50. The lowest BCUT2D eigenvalue weighted by molar-refractivity contribution is -0.124. The van der Waals surface area contributed by atoms with E-state index in [2.05, 4.69) is 0 Å². The Balaban J connectivity index is 1.46. The lowest BCUT2D eigenvalue weighted by Crippen LogP contribution is -2.33. The van der Waals surface area contributed by atoms with Gasteiger partial charge < -0.3 is 0 Å². The SMILES string of the molecule is O=C1C2CCCCC2C(=O)N1c1cccc(N2C(=O)C3CCC(Cl)CC3C2=O)c1. The number of hydrogen-bond donors (Lipinski definition) is 0. The summed E-state index contributed by atoms with van der Waals surface area (Å²) in [6.45, 7) is 0. The summed E-state index contributed by atoms with van der Waals surface area (Å²) >= 11 is 6.23. The summed E-state index contributed by atoms with van der Waals surface area (Å²) in [5, 5.41) is -0.0810. The molecule has 2 heterocycles. The molecular weight excluding hydrogens is 392 g/mol. The number of amides is 4. The third-order valence-electron chi connectivity index (χ3n) is 7.05. The smallest absolute Gasteiger partial charge is 0.237 e. The Hall–Kier alpha value is -2.21. The van der Waals surface area contributed by atoms with Crippen molar-refractivity contribution >= 4 is 46.6 Å². The summed E-state index contributed by atoms with van der Waals surface area (Å²) < 4.78 is 0. The second kappa shape index (κ2) is 6.94. The topological polar surface area (TPSA) is 74.8 Å². The average molecular weight is 415 g/mol. The number of anilines is 2. The zero-order valence-electron chi connectivity index (χ0n) is 16.1. The minimum Gasteiger partial charge on any atom is -0.274 e. The average Bonchev–Trinajstić information content (AvgIpc) is 3.12. The van der Waals surface area contributed by atoms with Gasteiger partial charge in [0.25, 0.3) is 0 Å². The van der Waals surface area contributed by atoms with Crippen LogP contribution >= 0.6 is 11.6 Å². The summed E-state index contributed by atoms with van der Waals surface area (Å²) in [5.74, 6) is -1.91. The molecule has 152 valence electrons. The van der Waals surface area contributed by atoms with Crippen molar-refractivity contribution < 1.29 is 19.2 Å². The number of halogens is 1. The lowest BCUT2D eigenvalue weighted by Gasteiger charge is -2.24. The van der Waals surface area contributed by atoms with E-state index in [1.165, 1.54) is 9.80 Å². The molecule has 2 saturated carbocycles. The number of carbonyl (C=O) groups is 4. The minimum atomic E-state index is -0.375. The molecule has 6 nitrogen and oxygen atoms in total. The predicted octanol–water partition coefficient (Wildman–Crippen LogP) is 3.26. The van der Waals surface area contributed by atoms with Crippen LogP contribution < -0.4 is 9.80 Å². The Labute approximate surface area is 174 Å². The van der Waals surface area contributed by atoms with Crippen LogP contribution in [0.4, 0.5) is 11.4 Å². The van der Waals surface area contributed by atoms with Crippen LogP contribution in [0.25, 0.3) is 0 Å². The van der Waals surface area contributed by atoms with E-state index in [1.807, 2.05) is 0 Å². The van der Waals surface area contributed by atoms with Gasteiger partial charge in [0.2, 0.25) is 23.6 Å². The molecule has 7 heteroatoms. The number of benzene rings is 1. The molecule has 0 spiro atoms. The van der Waals surface area contributed by atoms with E-state index in [-0.39, 0.29) is 52.7 Å². The molecule has 2 saturated heterocycles. The van der Waals surface area contributed by atoms with Crippen LogP contribution in [0, 0.1) is 23.7 Å². The number of hydrogen-bond acceptors (Lipinski definition) is 4. The van der Waals surface area contributed by atoms with Crippen molar-refractivity contribution in [1.29, 1.82) is 0 Å². The molecule has 0 N–H and O–H groups in total. The van der Waals surface area contributed by atoms with E-state index >= 15 is 0 Å². The molecule has 4 amide bonds. The molecular formula is C22H23ClN2O4. The monoisotopic (exact) mass is 414 g/mol. The summed E-state index contributed by atoms with van der Waals surface area (Å²) in [4.78, 5) is 54.2. The maximum absolute atomic E-state index is 13.0. The highest BCUT2D eigenvalue weighted by Crippen LogP contribution is 2.44. The molecule has 2 aliphatic carbocycles. The third-order valence-corrected chi connectivity index (χ3v) is 7.45. The first kappa shape index (κ1) is 18.8. The maximum atomic E-state index is 13.0. The van der Waals surface area contributed by atoms with E-state index in [0.29, 0.717) is 24.2 Å². The van der Waals surface area contributed by atoms with Crippen molar-refractivity contribution in [2.45, 2.75) is 50.3 Å². The number of carbonyl (C=O) groups excluding carboxylic acids is 4. The third kappa shape index (κ3) is 2.83. The molecule has 5 rings (SSSR count). The molecule has 1 aromatic rings. The summed E-state index contributed by atoms with van der Waals surface area (Å²) in [5.41, 5.74) is 0.867. The largest absolute Gasteiger partial charge is 0.274 e. The second-order valence-corrected chi connectivity index (χ2v) is 9.28. The van der Waals surface area contributed by atoms with Gasteiger partial charge >= 0.3 is 0 Å². The molecule has 1 aromatic carbocycles. The molecule has 0 bridgehead atoms. The fraction of sp³-hybridized carbons (Fsp3) is 0.545. The van der Waals surface area contributed by atoms with Gasteiger partial charge in [0.05, 0.1) is 35.0 Å². The summed E-state index contributed by atoms with van der Waals surface area (Å²) in [6.07, 6.45) is 5.29. The Morgan fingerprint density at radius 3 is 1.72 bits per heavy atom. The van der Waals surface area contributed by atoms with Gasteiger partial charge in [-0.1, -0.05) is 18.9 Å². The van der Waals surface area contributed by atoms with Crippen molar-refractivity contribution in [3.63, 3.8) is 0 Å². The van der Waals surface area contributed by atoms with Gasteiger partial charge in [-0.2, -0.15) is 0 Å². The second-order valence-electron chi connectivity index (χ2n) is 8.66. The fourth-order valence-corrected chi connectivity index (χ4v) is 5.89. The highest BCUT2D eigenvalue weighted by Gasteiger charge is 2.51. The molecule has 5 atom stereocenters. The van der Waals surface area contributed by atoms with E-state index in [1.54, 1.807) is 24.3 Å². The Bertz CT molecular complexity index is 892. The fourth-order valence-electron chi connectivity index (χ4n) is 5.57. The molecule has 29 heavy (non-hydrogen) atoms. The lowest BCUT2D eigenvalue weighted by atomic mass is 9.81. The number of rotatable bonds is 2. The van der Waals surface area contributed by atoms with Crippen LogP contribution in [-0.4, -0.2) is 29.0 Å². The first-order chi connectivity index (χ1) is 14.0. The van der Waals surface area contributed by atoms with Crippen molar-refractivity contribution in [2.24, 2.45) is 23.7 Å². The Morgan fingerprint density at radius 2 is 1.17 bits per heavy atom. The first-order valence-corrected chi connectivity index (χ1v) is 10.9. The molecule has 4 aliphatic rings. The van der Waals surface area contributed by atoms with E-state index in [4.69, 9.17) is 11.6 Å². The van der Waals surface area contributed by atoms with Crippen molar-refractivity contribution in [3.05, 3.63) is 24.3 Å². The molecule has 0 aromatic heterocycles. The molecule has 0 radical (unpaired) electrons. The van der Waals surface area contributed by atoms with Crippen LogP contribution in [-0.2, 0) is 19.2 Å². The van der Waals surface area contributed by atoms with Crippen LogP contribution in [0.2, 0.25) is 0 Å². The highest BCUT2D eigenvalue weighted by molar-refractivity contribution is 6.25. The van der Waals surface area contributed by atoms with Crippen molar-refractivity contribution in [3.8, 4) is 0 Å². The predicted molar refractivity (Wildman–Crippen MR) is 107 cm³/mol. The summed E-state index contributed by atoms with van der Waals surface area (Å²) in [7, 11) is 0. The van der Waals surface area contributed by atoms with Gasteiger partial charge in [0, 0.05) is 5.38 Å². The zero-order valence-corrected chi connectivity index (χ0v) is 16.8. The standard InChI is InChI=1S/C22H23ClN2O4/c23-12-8-9-17-18(10-12)22(29)25(21(17)28)14-5-3-4-13(11-14)24-19(26)15-6-1-2-7-16(15)20(24)27/h3-5,11-12,15-18H,1-2,6-10H2. The number of alkyl halides is 1. The maximum Gasteiger partial charge on any atom is 0.237 e. The number of fused-ring (bicyclic) bond motifs is 2. The molecule has 5 unspecified atom stereocenters. The van der Waals surface area contributed by atoms with Crippen molar-refractivity contribution in [2.75, 3.05) is 9.80 Å².